The average molecular weight is 270 g/mol. The summed E-state index contributed by atoms with van der Waals surface area (Å²) >= 11 is 0. The number of methoxy groups -OCH3 is 1. The lowest BCUT2D eigenvalue weighted by Crippen LogP contribution is -2.29. The number of nitrogens with zero attached hydrogens (tertiary/aromatic N) is 1. The molecule has 0 aliphatic carbocycles. The first kappa shape index (κ1) is 12.8. The molecule has 0 unspecified atom stereocenters. The van der Waals surface area contributed by atoms with E-state index in [1.54, 1.807) is 12.3 Å². The molecule has 0 fully saturated rings. The monoisotopic (exact) mass is 270 g/mol. The van der Waals surface area contributed by atoms with Gasteiger partial charge in [0.05, 0.1) is 13.7 Å². The van der Waals surface area contributed by atoms with Crippen LogP contribution in [0.1, 0.15) is 17.7 Å². The summed E-state index contributed by atoms with van der Waals surface area (Å²) in [6.07, 6.45) is 3.91. The Labute approximate surface area is 118 Å². The van der Waals surface area contributed by atoms with Crippen LogP contribution in [0.3, 0.4) is 0 Å². The summed E-state index contributed by atoms with van der Waals surface area (Å²) in [4.78, 5) is 17.3. The predicted molar refractivity (Wildman–Crippen MR) is 79.4 cm³/mol. The maximum absolute atomic E-state index is 11.8. The van der Waals surface area contributed by atoms with E-state index >= 15 is 0 Å². The minimum absolute atomic E-state index is 0.0773. The van der Waals surface area contributed by atoms with E-state index in [0.29, 0.717) is 5.75 Å². The van der Waals surface area contributed by atoms with E-state index in [4.69, 9.17) is 4.74 Å². The SMILES string of the molecule is COc1c[nH]c(CN2CCCc3ccccc32)cc1=O. The molecule has 1 N–H and O–H groups in total. The van der Waals surface area contributed by atoms with Crippen LogP contribution < -0.4 is 15.1 Å². The Bertz CT molecular complexity index is 664. The van der Waals surface area contributed by atoms with Crippen LogP contribution in [0.15, 0.2) is 41.3 Å². The van der Waals surface area contributed by atoms with Crippen molar-refractivity contribution in [3.8, 4) is 5.75 Å². The summed E-state index contributed by atoms with van der Waals surface area (Å²) in [5.41, 5.74) is 3.49. The second-order valence-corrected chi connectivity index (χ2v) is 5.04. The zero-order valence-corrected chi connectivity index (χ0v) is 11.6. The molecule has 0 amide bonds. The summed E-state index contributed by atoms with van der Waals surface area (Å²) < 4.78 is 4.99. The van der Waals surface area contributed by atoms with Gasteiger partial charge in [-0.1, -0.05) is 18.2 Å². The van der Waals surface area contributed by atoms with E-state index < -0.39 is 0 Å². The Kier molecular flexibility index (Phi) is 3.46. The number of H-pyrrole nitrogens is 1. The van der Waals surface area contributed by atoms with E-state index in [2.05, 4.69) is 34.1 Å². The number of para-hydroxylation sites is 1. The average Bonchev–Trinajstić information content (AvgIpc) is 2.48. The van der Waals surface area contributed by atoms with Crippen LogP contribution in [0.4, 0.5) is 5.69 Å². The molecule has 0 radical (unpaired) electrons. The predicted octanol–water partition coefficient (Wildman–Crippen LogP) is 2.34. The first-order chi connectivity index (χ1) is 9.78. The molecule has 4 heteroatoms. The second kappa shape index (κ2) is 5.41. The summed E-state index contributed by atoms with van der Waals surface area (Å²) in [5.74, 6) is 0.354. The van der Waals surface area contributed by atoms with Crippen molar-refractivity contribution in [3.05, 3.63) is 58.0 Å². The van der Waals surface area contributed by atoms with Gasteiger partial charge in [-0.15, -0.1) is 0 Å². The summed E-state index contributed by atoms with van der Waals surface area (Å²) in [6.45, 7) is 1.74. The lowest BCUT2D eigenvalue weighted by Gasteiger charge is -2.31. The Morgan fingerprint density at radius 1 is 1.35 bits per heavy atom. The number of aromatic amines is 1. The summed E-state index contributed by atoms with van der Waals surface area (Å²) in [6, 6.07) is 10.1. The number of hydrogen-bond acceptors (Lipinski definition) is 3. The van der Waals surface area contributed by atoms with Crippen LogP contribution in [-0.4, -0.2) is 18.6 Å². The molecule has 1 aliphatic heterocycles. The lowest BCUT2D eigenvalue weighted by atomic mass is 10.0. The minimum atomic E-state index is -0.0773. The number of nitrogens with one attached hydrogen (secondary N) is 1. The number of fused-ring (bicyclic) bond motifs is 1. The molecule has 1 aromatic heterocycles. The van der Waals surface area contributed by atoms with Crippen molar-refractivity contribution < 1.29 is 4.74 Å². The number of benzene rings is 1. The van der Waals surface area contributed by atoms with Gasteiger partial charge in [0.15, 0.2) is 5.75 Å². The van der Waals surface area contributed by atoms with Crippen molar-refractivity contribution in [3.63, 3.8) is 0 Å². The highest BCUT2D eigenvalue weighted by atomic mass is 16.5. The standard InChI is InChI=1S/C16H18N2O2/c1-20-16-10-17-13(9-15(16)19)11-18-8-4-6-12-5-2-3-7-14(12)18/h2-3,5,7,9-10H,4,6,8,11H2,1H3,(H,17,19). The maximum atomic E-state index is 11.8. The Hall–Kier alpha value is -2.23. The van der Waals surface area contributed by atoms with Gasteiger partial charge in [-0.05, 0) is 24.5 Å². The van der Waals surface area contributed by atoms with Gasteiger partial charge in [-0.25, -0.2) is 0 Å². The molecule has 20 heavy (non-hydrogen) atoms. The number of pyridine rings is 1. The molecular weight excluding hydrogens is 252 g/mol. The Balaban J connectivity index is 1.86. The zero-order valence-electron chi connectivity index (χ0n) is 11.6. The highest BCUT2D eigenvalue weighted by Gasteiger charge is 2.16. The fourth-order valence-electron chi connectivity index (χ4n) is 2.73. The number of rotatable bonds is 3. The van der Waals surface area contributed by atoms with Gasteiger partial charge in [0, 0.05) is 30.2 Å². The maximum Gasteiger partial charge on any atom is 0.223 e. The molecular formula is C16H18N2O2. The van der Waals surface area contributed by atoms with E-state index in [-0.39, 0.29) is 5.43 Å². The van der Waals surface area contributed by atoms with Crippen LogP contribution in [0.2, 0.25) is 0 Å². The van der Waals surface area contributed by atoms with Crippen molar-refractivity contribution >= 4 is 5.69 Å². The third-order valence-corrected chi connectivity index (χ3v) is 3.72. The highest BCUT2D eigenvalue weighted by Crippen LogP contribution is 2.27. The molecule has 0 bridgehead atoms. The number of hydrogen-bond donors (Lipinski definition) is 1. The van der Waals surface area contributed by atoms with Gasteiger partial charge in [-0.3, -0.25) is 4.79 Å². The van der Waals surface area contributed by atoms with E-state index in [0.717, 1.165) is 31.6 Å². The van der Waals surface area contributed by atoms with Crippen molar-refractivity contribution in [1.29, 1.82) is 0 Å². The number of aromatic nitrogens is 1. The fraction of sp³-hybridized carbons (Fsp3) is 0.312. The molecule has 0 saturated carbocycles. The molecule has 1 aromatic carbocycles. The second-order valence-electron chi connectivity index (χ2n) is 5.04. The first-order valence-electron chi connectivity index (χ1n) is 6.86. The van der Waals surface area contributed by atoms with Gasteiger partial charge >= 0.3 is 0 Å². The summed E-state index contributed by atoms with van der Waals surface area (Å²) in [7, 11) is 1.51. The van der Waals surface area contributed by atoms with Crippen LogP contribution in [0, 0.1) is 0 Å². The van der Waals surface area contributed by atoms with Gasteiger partial charge in [-0.2, -0.15) is 0 Å². The molecule has 0 atom stereocenters. The van der Waals surface area contributed by atoms with Crippen LogP contribution in [-0.2, 0) is 13.0 Å². The molecule has 0 saturated heterocycles. The number of ether oxygens (including phenoxy) is 1. The fourth-order valence-corrected chi connectivity index (χ4v) is 2.73. The summed E-state index contributed by atoms with van der Waals surface area (Å²) in [5, 5.41) is 0. The molecule has 4 nitrogen and oxygen atoms in total. The van der Waals surface area contributed by atoms with Crippen molar-refractivity contribution in [2.75, 3.05) is 18.6 Å². The third kappa shape index (κ3) is 2.41. The van der Waals surface area contributed by atoms with Crippen LogP contribution in [0.5, 0.6) is 5.75 Å². The Morgan fingerprint density at radius 3 is 3.00 bits per heavy atom. The lowest BCUT2D eigenvalue weighted by molar-refractivity contribution is 0.408. The van der Waals surface area contributed by atoms with Gasteiger partial charge in [0.1, 0.15) is 0 Å². The van der Waals surface area contributed by atoms with E-state index in [1.165, 1.54) is 18.4 Å². The van der Waals surface area contributed by atoms with Gasteiger partial charge in [0.25, 0.3) is 0 Å². The number of anilines is 1. The normalized spacial score (nSPS) is 13.9. The van der Waals surface area contributed by atoms with Crippen LogP contribution in [0.25, 0.3) is 0 Å². The van der Waals surface area contributed by atoms with Gasteiger partial charge in [0.2, 0.25) is 5.43 Å². The third-order valence-electron chi connectivity index (χ3n) is 3.72. The molecule has 3 rings (SSSR count). The van der Waals surface area contributed by atoms with Crippen LogP contribution >= 0.6 is 0 Å². The quantitative estimate of drug-likeness (QED) is 0.931. The van der Waals surface area contributed by atoms with Gasteiger partial charge < -0.3 is 14.6 Å². The molecule has 2 heterocycles. The number of aryl methyl sites for hydroxylation is 1. The zero-order chi connectivity index (χ0) is 13.9. The largest absolute Gasteiger partial charge is 0.491 e. The smallest absolute Gasteiger partial charge is 0.223 e. The minimum Gasteiger partial charge on any atom is -0.491 e. The molecule has 1 aliphatic rings. The van der Waals surface area contributed by atoms with Crippen molar-refractivity contribution in [1.82, 2.24) is 4.98 Å². The van der Waals surface area contributed by atoms with Crippen molar-refractivity contribution in [2.24, 2.45) is 0 Å². The van der Waals surface area contributed by atoms with E-state index in [1.807, 2.05) is 0 Å². The highest BCUT2D eigenvalue weighted by molar-refractivity contribution is 5.55. The topological polar surface area (TPSA) is 45.3 Å². The van der Waals surface area contributed by atoms with E-state index in [9.17, 15) is 4.79 Å². The molecule has 2 aromatic rings. The first-order valence-corrected chi connectivity index (χ1v) is 6.86. The molecule has 0 spiro atoms. The molecule has 104 valence electrons. The Morgan fingerprint density at radius 2 is 2.20 bits per heavy atom. The van der Waals surface area contributed by atoms with Crippen molar-refractivity contribution in [2.45, 2.75) is 19.4 Å².